The topological polar surface area (TPSA) is 118 Å². The summed E-state index contributed by atoms with van der Waals surface area (Å²) in [6.07, 6.45) is 0.933. The fraction of sp³-hybridized carbons (Fsp3) is 0.188. The van der Waals surface area contributed by atoms with Crippen molar-refractivity contribution in [1.29, 1.82) is 0 Å². The minimum absolute atomic E-state index is 0.00989. The van der Waals surface area contributed by atoms with E-state index in [9.17, 15) is 27.7 Å². The van der Waals surface area contributed by atoms with Crippen LogP contribution in [0.2, 0.25) is 0 Å². The van der Waals surface area contributed by atoms with Gasteiger partial charge in [-0.15, -0.1) is 0 Å². The summed E-state index contributed by atoms with van der Waals surface area (Å²) in [5.74, 6) is -1.21. The summed E-state index contributed by atoms with van der Waals surface area (Å²) < 4.78 is 36.7. The number of amides is 1. The fourth-order valence-electron chi connectivity index (χ4n) is 2.13. The molecule has 0 bridgehead atoms. The molecule has 2 aromatic rings. The largest absolute Gasteiger partial charge is 0.371 e. The number of hydrogen-bond acceptors (Lipinski definition) is 6. The van der Waals surface area contributed by atoms with Crippen molar-refractivity contribution in [3.63, 3.8) is 0 Å². The van der Waals surface area contributed by atoms with Gasteiger partial charge in [-0.05, 0) is 36.8 Å². The molecule has 138 valence electrons. The number of halogens is 1. The highest BCUT2D eigenvalue weighted by Gasteiger charge is 2.19. The predicted molar refractivity (Wildman–Crippen MR) is 94.5 cm³/mol. The summed E-state index contributed by atoms with van der Waals surface area (Å²) >= 11 is 0. The molecular formula is C16H16FN3O5S. The van der Waals surface area contributed by atoms with Crippen molar-refractivity contribution in [3.8, 4) is 0 Å². The lowest BCUT2D eigenvalue weighted by atomic mass is 10.2. The Morgan fingerprint density at radius 3 is 2.42 bits per heavy atom. The number of nitrogens with zero attached hydrogens (tertiary/aromatic N) is 1. The number of carbonyl (C=O) groups is 1. The lowest BCUT2D eigenvalue weighted by Gasteiger charge is -2.10. The van der Waals surface area contributed by atoms with Gasteiger partial charge < -0.3 is 10.6 Å². The molecule has 0 fully saturated rings. The molecule has 26 heavy (non-hydrogen) atoms. The average Bonchev–Trinajstić information content (AvgIpc) is 2.54. The Hall–Kier alpha value is -3.01. The second kappa shape index (κ2) is 7.48. The van der Waals surface area contributed by atoms with Crippen LogP contribution in [0.3, 0.4) is 0 Å². The van der Waals surface area contributed by atoms with Crippen molar-refractivity contribution in [2.75, 3.05) is 23.4 Å². The molecule has 0 aliphatic heterocycles. The molecule has 2 N–H and O–H groups in total. The number of benzene rings is 2. The molecule has 10 heteroatoms. The summed E-state index contributed by atoms with van der Waals surface area (Å²) in [6.45, 7) is 1.34. The van der Waals surface area contributed by atoms with Crippen LogP contribution in [-0.2, 0) is 14.6 Å². The Labute approximate surface area is 149 Å². The van der Waals surface area contributed by atoms with Crippen molar-refractivity contribution in [2.24, 2.45) is 0 Å². The van der Waals surface area contributed by atoms with Crippen LogP contribution in [0.4, 0.5) is 21.5 Å². The first-order chi connectivity index (χ1) is 12.1. The van der Waals surface area contributed by atoms with E-state index in [1.807, 2.05) is 0 Å². The predicted octanol–water partition coefficient (Wildman–Crippen LogP) is 2.50. The second-order valence-electron chi connectivity index (χ2n) is 5.59. The zero-order valence-electron chi connectivity index (χ0n) is 13.9. The summed E-state index contributed by atoms with van der Waals surface area (Å²) in [4.78, 5) is 22.1. The van der Waals surface area contributed by atoms with Crippen LogP contribution >= 0.6 is 0 Å². The van der Waals surface area contributed by atoms with Gasteiger partial charge in [-0.3, -0.25) is 14.9 Å². The van der Waals surface area contributed by atoms with Gasteiger partial charge in [-0.2, -0.15) is 0 Å². The van der Waals surface area contributed by atoms with Crippen molar-refractivity contribution in [3.05, 3.63) is 57.9 Å². The summed E-state index contributed by atoms with van der Waals surface area (Å²) in [5, 5.41) is 16.0. The molecule has 2 aromatic carbocycles. The third-order valence-electron chi connectivity index (χ3n) is 3.43. The Balaban J connectivity index is 2.13. The molecular weight excluding hydrogens is 365 g/mol. The quantitative estimate of drug-likeness (QED) is 0.586. The first kappa shape index (κ1) is 19.3. The first-order valence-corrected chi connectivity index (χ1v) is 9.25. The molecule has 0 spiro atoms. The third-order valence-corrected chi connectivity index (χ3v) is 4.54. The summed E-state index contributed by atoms with van der Waals surface area (Å²) in [6, 6.07) is 7.61. The molecule has 0 heterocycles. The zero-order chi connectivity index (χ0) is 19.5. The Bertz CT molecular complexity index is 976. The molecule has 0 saturated heterocycles. The van der Waals surface area contributed by atoms with Gasteiger partial charge in [-0.1, -0.05) is 6.07 Å². The maximum Gasteiger partial charge on any atom is 0.293 e. The molecule has 1 amide bonds. The fourth-order valence-corrected chi connectivity index (χ4v) is 2.77. The smallest absolute Gasteiger partial charge is 0.293 e. The van der Waals surface area contributed by atoms with Crippen molar-refractivity contribution >= 4 is 32.8 Å². The molecule has 2 rings (SSSR count). The van der Waals surface area contributed by atoms with Crippen molar-refractivity contribution < 1.29 is 22.5 Å². The van der Waals surface area contributed by atoms with Gasteiger partial charge in [0.2, 0.25) is 5.91 Å². The molecule has 0 aliphatic carbocycles. The molecule has 0 unspecified atom stereocenters. The van der Waals surface area contributed by atoms with Gasteiger partial charge in [0.05, 0.1) is 22.1 Å². The van der Waals surface area contributed by atoms with Crippen LogP contribution in [0.25, 0.3) is 0 Å². The Morgan fingerprint density at radius 2 is 1.85 bits per heavy atom. The number of carbonyl (C=O) groups excluding carboxylic acids is 1. The lowest BCUT2D eigenvalue weighted by molar-refractivity contribution is -0.384. The van der Waals surface area contributed by atoms with Crippen LogP contribution in [0, 0.1) is 22.9 Å². The SMILES string of the molecule is Cc1ccc(NC(=O)CNc2ccc(S(C)(=O)=O)cc2[N+](=O)[O-])c(F)c1. The van der Waals surface area contributed by atoms with Gasteiger partial charge in [0, 0.05) is 12.3 Å². The van der Waals surface area contributed by atoms with Crippen molar-refractivity contribution in [1.82, 2.24) is 0 Å². The van der Waals surface area contributed by atoms with Crippen LogP contribution in [0.1, 0.15) is 5.56 Å². The first-order valence-electron chi connectivity index (χ1n) is 7.36. The van der Waals surface area contributed by atoms with E-state index >= 15 is 0 Å². The highest BCUT2D eigenvalue weighted by Crippen LogP contribution is 2.27. The third kappa shape index (κ3) is 4.76. The number of anilines is 2. The number of nitro benzene ring substituents is 1. The van der Waals surface area contributed by atoms with E-state index in [0.717, 1.165) is 12.3 Å². The molecule has 8 nitrogen and oxygen atoms in total. The van der Waals surface area contributed by atoms with Crippen LogP contribution < -0.4 is 10.6 Å². The van der Waals surface area contributed by atoms with E-state index in [2.05, 4.69) is 10.6 Å². The molecule has 0 aliphatic rings. The number of aryl methyl sites for hydroxylation is 1. The number of nitrogens with one attached hydrogen (secondary N) is 2. The highest BCUT2D eigenvalue weighted by molar-refractivity contribution is 7.90. The monoisotopic (exact) mass is 381 g/mol. The lowest BCUT2D eigenvalue weighted by Crippen LogP contribution is -2.22. The van der Waals surface area contributed by atoms with E-state index in [1.54, 1.807) is 13.0 Å². The maximum atomic E-state index is 13.7. The number of sulfone groups is 1. The molecule has 0 radical (unpaired) electrons. The summed E-state index contributed by atoms with van der Waals surface area (Å²) in [5.41, 5.74) is 0.175. The Kier molecular flexibility index (Phi) is 5.56. The minimum atomic E-state index is -3.61. The van der Waals surface area contributed by atoms with E-state index in [1.165, 1.54) is 24.3 Å². The van der Waals surface area contributed by atoms with E-state index in [0.29, 0.717) is 5.56 Å². The van der Waals surface area contributed by atoms with Gasteiger partial charge in [0.25, 0.3) is 5.69 Å². The normalized spacial score (nSPS) is 11.0. The molecule has 0 aromatic heterocycles. The van der Waals surface area contributed by atoms with Gasteiger partial charge in [-0.25, -0.2) is 12.8 Å². The van der Waals surface area contributed by atoms with E-state index in [4.69, 9.17) is 0 Å². The van der Waals surface area contributed by atoms with Crippen molar-refractivity contribution in [2.45, 2.75) is 11.8 Å². The zero-order valence-corrected chi connectivity index (χ0v) is 14.8. The van der Waals surface area contributed by atoms with E-state index < -0.39 is 32.2 Å². The molecule has 0 atom stereocenters. The van der Waals surface area contributed by atoms with Gasteiger partial charge in [0.1, 0.15) is 11.5 Å². The van der Waals surface area contributed by atoms with Gasteiger partial charge >= 0.3 is 0 Å². The van der Waals surface area contributed by atoms with Crippen LogP contribution in [0.15, 0.2) is 41.3 Å². The number of nitro groups is 1. The second-order valence-corrected chi connectivity index (χ2v) is 7.61. The summed E-state index contributed by atoms with van der Waals surface area (Å²) in [7, 11) is -3.61. The van der Waals surface area contributed by atoms with Crippen LogP contribution in [0.5, 0.6) is 0 Å². The Morgan fingerprint density at radius 1 is 1.19 bits per heavy atom. The minimum Gasteiger partial charge on any atom is -0.371 e. The van der Waals surface area contributed by atoms with Gasteiger partial charge in [0.15, 0.2) is 9.84 Å². The molecule has 0 saturated carbocycles. The van der Waals surface area contributed by atoms with Crippen LogP contribution in [-0.4, -0.2) is 32.0 Å². The number of rotatable bonds is 6. The standard InChI is InChI=1S/C16H16FN3O5S/c1-10-3-5-13(12(17)7-10)19-16(21)9-18-14-6-4-11(26(2,24)25)8-15(14)20(22)23/h3-8,18H,9H2,1-2H3,(H,19,21). The maximum absolute atomic E-state index is 13.7. The van der Waals surface area contributed by atoms with E-state index in [-0.39, 0.29) is 22.8 Å². The number of hydrogen-bond donors (Lipinski definition) is 2. The highest BCUT2D eigenvalue weighted by atomic mass is 32.2. The average molecular weight is 381 g/mol.